The molecule has 0 aliphatic carbocycles. The standard InChI is InChI=1S/C25H27N3O4S/c1-30-20-10-8-18(21(16-20)31-2)9-11-23(29)26-25-27-24(19-6-4-3-5-7-19)22(33-25)17-28-12-14-32-15-13-28/h3-11,16H,12-15,17H2,1-2H3,(H,26,27,29)/b11-9+. The number of carbonyl (C=O) groups is 1. The maximum Gasteiger partial charge on any atom is 0.250 e. The first-order valence-electron chi connectivity index (χ1n) is 10.7. The predicted molar refractivity (Wildman–Crippen MR) is 131 cm³/mol. The van der Waals surface area contributed by atoms with E-state index in [-0.39, 0.29) is 5.91 Å². The van der Waals surface area contributed by atoms with Crippen LogP contribution in [0.5, 0.6) is 11.5 Å². The number of methoxy groups -OCH3 is 2. The van der Waals surface area contributed by atoms with E-state index in [1.54, 1.807) is 26.4 Å². The van der Waals surface area contributed by atoms with Crippen LogP contribution in [0.1, 0.15) is 10.4 Å². The lowest BCUT2D eigenvalue weighted by molar-refractivity contribution is -0.111. The van der Waals surface area contributed by atoms with E-state index in [0.717, 1.165) is 54.5 Å². The van der Waals surface area contributed by atoms with Crippen LogP contribution in [-0.4, -0.2) is 56.3 Å². The molecule has 1 aromatic heterocycles. The Hall–Kier alpha value is -3.20. The summed E-state index contributed by atoms with van der Waals surface area (Å²) >= 11 is 1.51. The summed E-state index contributed by atoms with van der Waals surface area (Å²) in [5, 5.41) is 3.49. The lowest BCUT2D eigenvalue weighted by Crippen LogP contribution is -2.35. The van der Waals surface area contributed by atoms with Gasteiger partial charge in [0.2, 0.25) is 5.91 Å². The third kappa shape index (κ3) is 5.98. The molecule has 33 heavy (non-hydrogen) atoms. The molecular weight excluding hydrogens is 438 g/mol. The molecule has 0 radical (unpaired) electrons. The van der Waals surface area contributed by atoms with Crippen molar-refractivity contribution in [2.45, 2.75) is 6.54 Å². The molecule has 0 saturated carbocycles. The Morgan fingerprint density at radius 2 is 1.94 bits per heavy atom. The van der Waals surface area contributed by atoms with Crippen molar-refractivity contribution in [2.24, 2.45) is 0 Å². The summed E-state index contributed by atoms with van der Waals surface area (Å²) in [4.78, 5) is 20.9. The zero-order valence-electron chi connectivity index (χ0n) is 18.7. The fourth-order valence-corrected chi connectivity index (χ4v) is 4.59. The average molecular weight is 466 g/mol. The lowest BCUT2D eigenvalue weighted by Gasteiger charge is -2.26. The number of rotatable bonds is 8. The molecule has 8 heteroatoms. The van der Waals surface area contributed by atoms with Gasteiger partial charge in [-0.2, -0.15) is 0 Å². The fraction of sp³-hybridized carbons (Fsp3) is 0.280. The Kier molecular flexibility index (Phi) is 7.72. The summed E-state index contributed by atoms with van der Waals surface area (Å²) in [7, 11) is 3.19. The van der Waals surface area contributed by atoms with Crippen molar-refractivity contribution in [1.29, 1.82) is 0 Å². The third-order valence-corrected chi connectivity index (χ3v) is 6.26. The van der Waals surface area contributed by atoms with Gasteiger partial charge in [0.05, 0.1) is 33.1 Å². The molecule has 0 unspecified atom stereocenters. The lowest BCUT2D eigenvalue weighted by atomic mass is 10.1. The monoisotopic (exact) mass is 465 g/mol. The molecule has 1 N–H and O–H groups in total. The Morgan fingerprint density at radius 3 is 2.67 bits per heavy atom. The van der Waals surface area contributed by atoms with Crippen molar-refractivity contribution in [1.82, 2.24) is 9.88 Å². The maximum atomic E-state index is 12.6. The molecular formula is C25H27N3O4S. The Balaban J connectivity index is 1.51. The molecule has 1 saturated heterocycles. The molecule has 4 rings (SSSR count). The zero-order valence-corrected chi connectivity index (χ0v) is 19.6. The fourth-order valence-electron chi connectivity index (χ4n) is 3.56. The molecule has 0 atom stereocenters. The van der Waals surface area contributed by atoms with Gasteiger partial charge >= 0.3 is 0 Å². The number of hydrogen-bond acceptors (Lipinski definition) is 7. The highest BCUT2D eigenvalue weighted by molar-refractivity contribution is 7.16. The molecule has 1 fully saturated rings. The summed E-state index contributed by atoms with van der Waals surface area (Å²) < 4.78 is 16.1. The number of morpholine rings is 1. The SMILES string of the molecule is COc1ccc(/C=C/C(=O)Nc2nc(-c3ccccc3)c(CN3CCOCC3)s2)c(OC)c1. The molecule has 3 aromatic rings. The van der Waals surface area contributed by atoms with Crippen molar-refractivity contribution >= 4 is 28.5 Å². The van der Waals surface area contributed by atoms with Crippen LogP contribution in [0, 0.1) is 0 Å². The third-order valence-electron chi connectivity index (χ3n) is 5.30. The largest absolute Gasteiger partial charge is 0.497 e. The topological polar surface area (TPSA) is 72.9 Å². The molecule has 2 heterocycles. The highest BCUT2D eigenvalue weighted by atomic mass is 32.1. The van der Waals surface area contributed by atoms with Crippen LogP contribution >= 0.6 is 11.3 Å². The van der Waals surface area contributed by atoms with Crippen LogP contribution in [0.4, 0.5) is 5.13 Å². The van der Waals surface area contributed by atoms with Gasteiger partial charge in [0.1, 0.15) is 11.5 Å². The normalized spacial score (nSPS) is 14.4. The van der Waals surface area contributed by atoms with E-state index in [9.17, 15) is 4.79 Å². The molecule has 1 aliphatic heterocycles. The van der Waals surface area contributed by atoms with Crippen LogP contribution in [0.3, 0.4) is 0 Å². The van der Waals surface area contributed by atoms with E-state index in [2.05, 4.69) is 10.2 Å². The van der Waals surface area contributed by atoms with Gasteiger partial charge in [0.25, 0.3) is 0 Å². The van der Waals surface area contributed by atoms with Gasteiger partial charge in [-0.05, 0) is 18.2 Å². The second kappa shape index (κ2) is 11.1. The van der Waals surface area contributed by atoms with Crippen LogP contribution in [0.15, 0.2) is 54.6 Å². The molecule has 7 nitrogen and oxygen atoms in total. The highest BCUT2D eigenvalue weighted by Crippen LogP contribution is 2.32. The summed E-state index contributed by atoms with van der Waals surface area (Å²) in [6, 6.07) is 15.5. The number of nitrogens with zero attached hydrogens (tertiary/aromatic N) is 2. The van der Waals surface area contributed by atoms with Gasteiger partial charge in [-0.15, -0.1) is 0 Å². The van der Waals surface area contributed by atoms with E-state index in [1.807, 2.05) is 42.5 Å². The number of amides is 1. The number of anilines is 1. The quantitative estimate of drug-likeness (QED) is 0.500. The molecule has 0 bridgehead atoms. The van der Waals surface area contributed by atoms with Gasteiger partial charge in [0, 0.05) is 47.8 Å². The van der Waals surface area contributed by atoms with Gasteiger partial charge in [-0.3, -0.25) is 15.0 Å². The number of benzene rings is 2. The zero-order chi connectivity index (χ0) is 23.0. The summed E-state index contributed by atoms with van der Waals surface area (Å²) in [6.45, 7) is 4.03. The summed E-state index contributed by atoms with van der Waals surface area (Å²) in [6.07, 6.45) is 3.20. The first kappa shape index (κ1) is 23.0. The van der Waals surface area contributed by atoms with Gasteiger partial charge < -0.3 is 14.2 Å². The van der Waals surface area contributed by atoms with E-state index >= 15 is 0 Å². The maximum absolute atomic E-state index is 12.6. The second-order valence-electron chi connectivity index (χ2n) is 7.48. The molecule has 172 valence electrons. The van der Waals surface area contributed by atoms with E-state index in [1.165, 1.54) is 17.4 Å². The Bertz CT molecular complexity index is 1110. The highest BCUT2D eigenvalue weighted by Gasteiger charge is 2.18. The van der Waals surface area contributed by atoms with Crippen LogP contribution in [0.25, 0.3) is 17.3 Å². The number of hydrogen-bond donors (Lipinski definition) is 1. The van der Waals surface area contributed by atoms with Crippen molar-refractivity contribution < 1.29 is 19.0 Å². The Labute approximate surface area is 197 Å². The minimum Gasteiger partial charge on any atom is -0.497 e. The first-order valence-corrected chi connectivity index (χ1v) is 11.5. The number of thiazole rings is 1. The average Bonchev–Trinajstić information content (AvgIpc) is 3.25. The molecule has 1 aliphatic rings. The van der Waals surface area contributed by atoms with E-state index in [0.29, 0.717) is 16.6 Å². The molecule has 0 spiro atoms. The van der Waals surface area contributed by atoms with Crippen molar-refractivity contribution in [3.05, 3.63) is 65.0 Å². The number of nitrogens with one attached hydrogen (secondary N) is 1. The number of aromatic nitrogens is 1. The van der Waals surface area contributed by atoms with Gasteiger partial charge in [-0.1, -0.05) is 41.7 Å². The molecule has 1 amide bonds. The van der Waals surface area contributed by atoms with Gasteiger partial charge in [0.15, 0.2) is 5.13 Å². The minimum atomic E-state index is -0.251. The molecule has 2 aromatic carbocycles. The minimum absolute atomic E-state index is 0.251. The van der Waals surface area contributed by atoms with Crippen molar-refractivity contribution in [2.75, 3.05) is 45.8 Å². The van der Waals surface area contributed by atoms with Crippen molar-refractivity contribution in [3.8, 4) is 22.8 Å². The smallest absolute Gasteiger partial charge is 0.250 e. The summed E-state index contributed by atoms with van der Waals surface area (Å²) in [5.41, 5.74) is 2.73. The Morgan fingerprint density at radius 1 is 1.15 bits per heavy atom. The van der Waals surface area contributed by atoms with Crippen LogP contribution < -0.4 is 14.8 Å². The summed E-state index contributed by atoms with van der Waals surface area (Å²) in [5.74, 6) is 1.07. The van der Waals surface area contributed by atoms with E-state index in [4.69, 9.17) is 19.2 Å². The van der Waals surface area contributed by atoms with Crippen LogP contribution in [0.2, 0.25) is 0 Å². The second-order valence-corrected chi connectivity index (χ2v) is 8.56. The van der Waals surface area contributed by atoms with Crippen LogP contribution in [-0.2, 0) is 16.1 Å². The van der Waals surface area contributed by atoms with Gasteiger partial charge in [-0.25, -0.2) is 4.98 Å². The first-order chi connectivity index (χ1) is 16.2. The number of ether oxygens (including phenoxy) is 3. The number of carbonyl (C=O) groups excluding carboxylic acids is 1. The predicted octanol–water partition coefficient (Wildman–Crippen LogP) is 4.31. The van der Waals surface area contributed by atoms with Crippen molar-refractivity contribution in [3.63, 3.8) is 0 Å². The van der Waals surface area contributed by atoms with E-state index < -0.39 is 0 Å².